The Morgan fingerprint density at radius 2 is 2.00 bits per heavy atom. The zero-order valence-electron chi connectivity index (χ0n) is 15.2. The maximum Gasteiger partial charge on any atom is 0.339 e. The Balaban J connectivity index is 2.67. The van der Waals surface area contributed by atoms with Gasteiger partial charge in [0.25, 0.3) is 0 Å². The normalized spacial score (nSPS) is 16.4. The molecule has 0 spiro atoms. The quantitative estimate of drug-likeness (QED) is 0.604. The van der Waals surface area contributed by atoms with Crippen LogP contribution in [0.2, 0.25) is 19.6 Å². The predicted molar refractivity (Wildman–Crippen MR) is 97.0 cm³/mol. The van der Waals surface area contributed by atoms with Crippen LogP contribution in [0.4, 0.5) is 5.69 Å². The fourth-order valence-corrected chi connectivity index (χ4v) is 4.86. The molecule has 0 fully saturated rings. The first kappa shape index (κ1) is 18.7. The molecule has 0 bridgehead atoms. The van der Waals surface area contributed by atoms with Gasteiger partial charge in [-0.1, -0.05) is 31.8 Å². The van der Waals surface area contributed by atoms with Crippen molar-refractivity contribution >= 4 is 25.6 Å². The Morgan fingerprint density at radius 1 is 1.29 bits per heavy atom. The summed E-state index contributed by atoms with van der Waals surface area (Å²) in [5.74, 6) is -0.707. The number of hydrogen-bond acceptors (Lipinski definition) is 4. The molecule has 0 aliphatic carbocycles. The maximum absolute atomic E-state index is 12.9. The monoisotopic (exact) mass is 349 g/mol. The highest BCUT2D eigenvalue weighted by molar-refractivity contribution is 6.78. The summed E-state index contributed by atoms with van der Waals surface area (Å²) in [4.78, 5) is 26.9. The first-order valence-electron chi connectivity index (χ1n) is 8.45. The van der Waals surface area contributed by atoms with Gasteiger partial charge >= 0.3 is 5.97 Å². The summed E-state index contributed by atoms with van der Waals surface area (Å²) < 4.78 is 11.0. The first-order chi connectivity index (χ1) is 11.3. The second kappa shape index (κ2) is 7.48. The number of carbonyl (C=O) groups excluding carboxylic acids is 2. The van der Waals surface area contributed by atoms with Crippen molar-refractivity contribution in [1.29, 1.82) is 0 Å². The van der Waals surface area contributed by atoms with E-state index in [1.165, 1.54) is 7.11 Å². The molecule has 1 amide bonds. The van der Waals surface area contributed by atoms with E-state index in [4.69, 9.17) is 9.47 Å². The van der Waals surface area contributed by atoms with Crippen LogP contribution in [0.3, 0.4) is 0 Å². The lowest BCUT2D eigenvalue weighted by atomic mass is 10.0. The van der Waals surface area contributed by atoms with Gasteiger partial charge in [0.15, 0.2) is 0 Å². The van der Waals surface area contributed by atoms with Gasteiger partial charge in [0.1, 0.15) is 13.9 Å². The Morgan fingerprint density at radius 3 is 2.58 bits per heavy atom. The summed E-state index contributed by atoms with van der Waals surface area (Å²) in [6.45, 7) is 8.97. The molecule has 2 rings (SSSR count). The molecule has 0 radical (unpaired) electrons. The van der Waals surface area contributed by atoms with Gasteiger partial charge in [-0.2, -0.15) is 0 Å². The highest BCUT2D eigenvalue weighted by atomic mass is 28.3. The van der Waals surface area contributed by atoms with Crippen LogP contribution in [0.15, 0.2) is 18.2 Å². The molecule has 1 aliphatic heterocycles. The van der Waals surface area contributed by atoms with Crippen molar-refractivity contribution in [1.82, 2.24) is 0 Å². The lowest BCUT2D eigenvalue weighted by Crippen LogP contribution is -2.55. The summed E-state index contributed by atoms with van der Waals surface area (Å²) in [5, 5.41) is 0. The van der Waals surface area contributed by atoms with E-state index in [1.54, 1.807) is 11.0 Å². The number of aryl methyl sites for hydroxylation is 1. The van der Waals surface area contributed by atoms with Crippen molar-refractivity contribution in [3.05, 3.63) is 29.3 Å². The van der Waals surface area contributed by atoms with Crippen LogP contribution in [-0.4, -0.2) is 39.5 Å². The van der Waals surface area contributed by atoms with Crippen LogP contribution < -0.4 is 4.90 Å². The van der Waals surface area contributed by atoms with Crippen LogP contribution >= 0.6 is 0 Å². The number of hydrogen-bond donors (Lipinski definition) is 0. The van der Waals surface area contributed by atoms with Gasteiger partial charge < -0.3 is 9.47 Å². The van der Waals surface area contributed by atoms with E-state index in [1.807, 2.05) is 19.1 Å². The average Bonchev–Trinajstić information content (AvgIpc) is 2.69. The van der Waals surface area contributed by atoms with Gasteiger partial charge in [-0.15, -0.1) is 0 Å². The van der Waals surface area contributed by atoms with Crippen LogP contribution in [0.1, 0.15) is 35.7 Å². The van der Waals surface area contributed by atoms with Crippen molar-refractivity contribution in [3.63, 3.8) is 0 Å². The summed E-state index contributed by atoms with van der Waals surface area (Å²) in [6, 6.07) is 5.56. The zero-order chi connectivity index (χ0) is 17.9. The van der Waals surface area contributed by atoms with Gasteiger partial charge in [-0.05, 0) is 31.4 Å². The van der Waals surface area contributed by atoms with E-state index in [0.717, 1.165) is 18.4 Å². The molecule has 0 saturated carbocycles. The molecular formula is C18H27NO4Si. The molecule has 0 aromatic heterocycles. The van der Waals surface area contributed by atoms with Crippen molar-refractivity contribution in [3.8, 4) is 0 Å². The number of carbonyl (C=O) groups is 2. The van der Waals surface area contributed by atoms with Crippen molar-refractivity contribution < 1.29 is 19.1 Å². The van der Waals surface area contributed by atoms with Crippen molar-refractivity contribution in [2.24, 2.45) is 0 Å². The minimum atomic E-state index is -1.86. The molecular weight excluding hydrogens is 322 g/mol. The molecule has 132 valence electrons. The Kier molecular flexibility index (Phi) is 5.82. The average molecular weight is 350 g/mol. The molecule has 0 N–H and O–H groups in total. The Bertz CT molecular complexity index is 624. The van der Waals surface area contributed by atoms with E-state index >= 15 is 0 Å². The van der Waals surface area contributed by atoms with Gasteiger partial charge in [0, 0.05) is 13.0 Å². The van der Waals surface area contributed by atoms with Crippen LogP contribution in [0.5, 0.6) is 0 Å². The van der Waals surface area contributed by atoms with E-state index in [0.29, 0.717) is 24.3 Å². The van der Waals surface area contributed by atoms with Crippen molar-refractivity contribution in [2.45, 2.75) is 51.7 Å². The molecule has 1 aliphatic rings. The number of ether oxygens (including phenoxy) is 2. The van der Waals surface area contributed by atoms with Crippen LogP contribution in [0, 0.1) is 0 Å². The van der Waals surface area contributed by atoms with Crippen molar-refractivity contribution in [2.75, 3.05) is 18.6 Å². The summed E-state index contributed by atoms with van der Waals surface area (Å²) in [6.07, 6.45) is 2.01. The standard InChI is InChI=1S/C18H27NO4Si/c1-6-23-18(24(3,4)5)19-15(20)12-8-10-13-9-7-11-14(16(13)19)17(21)22-2/h7,9,11,18H,6,8,10,12H2,1-5H3. The third kappa shape index (κ3) is 3.70. The number of methoxy groups -OCH3 is 1. The number of fused-ring (bicyclic) bond motifs is 1. The number of rotatable bonds is 5. The Labute approximate surface area is 144 Å². The van der Waals surface area contributed by atoms with E-state index < -0.39 is 14.0 Å². The molecule has 6 heteroatoms. The summed E-state index contributed by atoms with van der Waals surface area (Å²) in [5.41, 5.74) is 2.12. The van der Waals surface area contributed by atoms with E-state index in [9.17, 15) is 9.59 Å². The van der Waals surface area contributed by atoms with Gasteiger partial charge in [-0.3, -0.25) is 9.69 Å². The Hall–Kier alpha value is -1.66. The lowest BCUT2D eigenvalue weighted by Gasteiger charge is -2.39. The minimum Gasteiger partial charge on any atom is -0.465 e. The van der Waals surface area contributed by atoms with Gasteiger partial charge in [-0.25, -0.2) is 4.79 Å². The maximum atomic E-state index is 12.9. The second-order valence-corrected chi connectivity index (χ2v) is 12.3. The number of para-hydroxylation sites is 1. The van der Waals surface area contributed by atoms with Gasteiger partial charge in [0.2, 0.25) is 5.91 Å². The van der Waals surface area contributed by atoms with E-state index in [-0.39, 0.29) is 11.8 Å². The number of esters is 1. The summed E-state index contributed by atoms with van der Waals surface area (Å²) in [7, 11) is -0.501. The molecule has 0 saturated heterocycles. The number of benzene rings is 1. The molecule has 1 atom stereocenters. The van der Waals surface area contributed by atoms with Crippen LogP contribution in [-0.2, 0) is 20.7 Å². The number of amides is 1. The predicted octanol–water partition coefficient (Wildman–Crippen LogP) is 3.38. The van der Waals surface area contributed by atoms with Crippen LogP contribution in [0.25, 0.3) is 0 Å². The lowest BCUT2D eigenvalue weighted by molar-refractivity contribution is -0.120. The molecule has 1 heterocycles. The largest absolute Gasteiger partial charge is 0.465 e. The van der Waals surface area contributed by atoms with E-state index in [2.05, 4.69) is 19.6 Å². The highest BCUT2D eigenvalue weighted by Gasteiger charge is 2.40. The SMILES string of the molecule is CCOC(N1C(=O)CCCc2cccc(C(=O)OC)c21)[Si](C)(C)C. The fourth-order valence-electron chi connectivity index (χ4n) is 3.15. The summed E-state index contributed by atoms with van der Waals surface area (Å²) >= 11 is 0. The first-order valence-corrected chi connectivity index (χ1v) is 12.0. The fraction of sp³-hybridized carbons (Fsp3) is 0.556. The molecule has 1 aromatic rings. The zero-order valence-corrected chi connectivity index (χ0v) is 16.2. The smallest absolute Gasteiger partial charge is 0.339 e. The third-order valence-corrected chi connectivity index (χ3v) is 6.08. The second-order valence-electron chi connectivity index (χ2n) is 7.10. The number of anilines is 1. The minimum absolute atomic E-state index is 0.0194. The topological polar surface area (TPSA) is 55.8 Å². The third-order valence-electron chi connectivity index (χ3n) is 4.17. The highest BCUT2D eigenvalue weighted by Crippen LogP contribution is 2.35. The molecule has 1 unspecified atom stereocenters. The molecule has 24 heavy (non-hydrogen) atoms. The number of nitrogens with zero attached hydrogens (tertiary/aromatic N) is 1. The molecule has 5 nitrogen and oxygen atoms in total. The van der Waals surface area contributed by atoms with Gasteiger partial charge in [0.05, 0.1) is 18.4 Å². The molecule has 1 aromatic carbocycles.